The van der Waals surface area contributed by atoms with Crippen molar-refractivity contribution in [3.63, 3.8) is 0 Å². The molecule has 0 aliphatic carbocycles. The second kappa shape index (κ2) is 7.64. The van der Waals surface area contributed by atoms with Crippen LogP contribution in [-0.2, 0) is 4.74 Å². The second-order valence-corrected chi connectivity index (χ2v) is 6.68. The first-order valence-electron chi connectivity index (χ1n) is 9.11. The molecule has 7 nitrogen and oxygen atoms in total. The van der Waals surface area contributed by atoms with E-state index < -0.39 is 5.97 Å². The minimum atomic E-state index is -0.511. The lowest BCUT2D eigenvalue weighted by molar-refractivity contribution is 0.0591. The van der Waals surface area contributed by atoms with E-state index in [1.807, 2.05) is 41.2 Å². The molecule has 1 aliphatic rings. The summed E-state index contributed by atoms with van der Waals surface area (Å²) < 4.78 is 6.61. The average Bonchev–Trinajstić information content (AvgIpc) is 3.43. The number of carbonyl (C=O) groups is 2. The highest BCUT2D eigenvalue weighted by Crippen LogP contribution is 2.25. The van der Waals surface area contributed by atoms with Crippen LogP contribution in [0.4, 0.5) is 0 Å². The van der Waals surface area contributed by atoms with Gasteiger partial charge in [0.2, 0.25) is 0 Å². The Morgan fingerprint density at radius 1 is 1.04 bits per heavy atom. The summed E-state index contributed by atoms with van der Waals surface area (Å²) in [6, 6.07) is 16.6. The molecule has 4 rings (SSSR count). The van der Waals surface area contributed by atoms with E-state index >= 15 is 0 Å². The number of amides is 1. The van der Waals surface area contributed by atoms with Crippen molar-refractivity contribution in [2.45, 2.75) is 12.5 Å². The molecule has 2 heterocycles. The number of benzene rings is 2. The van der Waals surface area contributed by atoms with Crippen LogP contribution in [0.3, 0.4) is 0 Å². The molecule has 0 N–H and O–H groups in total. The maximum Gasteiger partial charge on any atom is 0.338 e. The van der Waals surface area contributed by atoms with Gasteiger partial charge < -0.3 is 9.64 Å². The van der Waals surface area contributed by atoms with Gasteiger partial charge in [0.05, 0.1) is 30.5 Å². The van der Waals surface area contributed by atoms with E-state index in [-0.39, 0.29) is 17.5 Å². The monoisotopic (exact) mass is 376 g/mol. The maximum atomic E-state index is 13.0. The molecule has 0 bridgehead atoms. The number of hydrogen-bond donors (Lipinski definition) is 0. The molecule has 1 fully saturated rings. The summed E-state index contributed by atoms with van der Waals surface area (Å²) in [5.74, 6) is -0.685. The normalized spacial score (nSPS) is 16.2. The zero-order chi connectivity index (χ0) is 19.5. The van der Waals surface area contributed by atoms with Gasteiger partial charge in [-0.3, -0.25) is 4.79 Å². The van der Waals surface area contributed by atoms with Gasteiger partial charge in [-0.15, -0.1) is 5.10 Å². The molecule has 1 atom stereocenters. The molecular formula is C21H20N4O3. The molecule has 0 spiro atoms. The number of rotatable bonds is 4. The van der Waals surface area contributed by atoms with Crippen molar-refractivity contribution < 1.29 is 14.3 Å². The van der Waals surface area contributed by atoms with Crippen LogP contribution in [0.1, 0.15) is 33.2 Å². The lowest BCUT2D eigenvalue weighted by Gasteiger charge is -2.18. The van der Waals surface area contributed by atoms with Crippen molar-refractivity contribution in [2.75, 3.05) is 20.2 Å². The van der Waals surface area contributed by atoms with Gasteiger partial charge in [-0.05, 0) is 18.6 Å². The molecule has 1 aliphatic heterocycles. The number of likely N-dealkylation sites (tertiary alicyclic amines) is 1. The van der Waals surface area contributed by atoms with Gasteiger partial charge >= 0.3 is 5.97 Å². The SMILES string of the molecule is COC(=O)c1ccccc1C(=O)N1CCC(n2cc(-c3ccccc3)nn2)C1. The van der Waals surface area contributed by atoms with Crippen molar-refractivity contribution in [2.24, 2.45) is 0 Å². The first-order valence-corrected chi connectivity index (χ1v) is 9.11. The van der Waals surface area contributed by atoms with E-state index in [0.717, 1.165) is 17.7 Å². The Bertz CT molecular complexity index is 1000. The molecule has 142 valence electrons. The fraction of sp³-hybridized carbons (Fsp3) is 0.238. The first kappa shape index (κ1) is 17.9. The predicted molar refractivity (Wildman–Crippen MR) is 103 cm³/mol. The summed E-state index contributed by atoms with van der Waals surface area (Å²) in [5, 5.41) is 8.51. The molecule has 0 saturated carbocycles. The highest BCUT2D eigenvalue weighted by molar-refractivity contribution is 6.05. The van der Waals surface area contributed by atoms with Crippen LogP contribution in [-0.4, -0.2) is 52.0 Å². The molecule has 7 heteroatoms. The summed E-state index contributed by atoms with van der Waals surface area (Å²) in [6.45, 7) is 1.12. The molecule has 1 amide bonds. The summed E-state index contributed by atoms with van der Waals surface area (Å²) in [4.78, 5) is 26.7. The van der Waals surface area contributed by atoms with E-state index in [0.29, 0.717) is 18.7 Å². The summed E-state index contributed by atoms with van der Waals surface area (Å²) >= 11 is 0. The van der Waals surface area contributed by atoms with Crippen LogP contribution >= 0.6 is 0 Å². The zero-order valence-corrected chi connectivity index (χ0v) is 15.5. The van der Waals surface area contributed by atoms with Crippen LogP contribution in [0, 0.1) is 0 Å². The van der Waals surface area contributed by atoms with Crippen molar-refractivity contribution in [1.82, 2.24) is 19.9 Å². The smallest absolute Gasteiger partial charge is 0.338 e. The van der Waals surface area contributed by atoms with Crippen LogP contribution in [0.5, 0.6) is 0 Å². The van der Waals surface area contributed by atoms with Gasteiger partial charge in [0.1, 0.15) is 5.69 Å². The number of nitrogens with zero attached hydrogens (tertiary/aromatic N) is 4. The van der Waals surface area contributed by atoms with Crippen molar-refractivity contribution in [3.05, 3.63) is 71.9 Å². The predicted octanol–water partition coefficient (Wildman–Crippen LogP) is 2.82. The van der Waals surface area contributed by atoms with Gasteiger partial charge in [-0.1, -0.05) is 47.7 Å². The lowest BCUT2D eigenvalue weighted by atomic mass is 10.1. The molecule has 3 aromatic rings. The Morgan fingerprint density at radius 3 is 2.50 bits per heavy atom. The largest absolute Gasteiger partial charge is 0.465 e. The molecule has 28 heavy (non-hydrogen) atoms. The van der Waals surface area contributed by atoms with E-state index in [9.17, 15) is 9.59 Å². The van der Waals surface area contributed by atoms with E-state index in [1.54, 1.807) is 29.2 Å². The average molecular weight is 376 g/mol. The molecular weight excluding hydrogens is 356 g/mol. The second-order valence-electron chi connectivity index (χ2n) is 6.68. The minimum Gasteiger partial charge on any atom is -0.465 e. The number of esters is 1. The number of carbonyl (C=O) groups excluding carboxylic acids is 2. The first-order chi connectivity index (χ1) is 13.7. The molecule has 1 unspecified atom stereocenters. The molecule has 0 radical (unpaired) electrons. The standard InChI is InChI=1S/C21H20N4O3/c1-28-21(27)18-10-6-5-9-17(18)20(26)24-12-11-16(13-24)25-14-19(22-23-25)15-7-3-2-4-8-15/h2-10,14,16H,11-13H2,1H3. The van der Waals surface area contributed by atoms with E-state index in [1.165, 1.54) is 7.11 Å². The highest BCUT2D eigenvalue weighted by Gasteiger charge is 2.30. The van der Waals surface area contributed by atoms with E-state index in [4.69, 9.17) is 4.74 Å². The Hall–Kier alpha value is -3.48. The van der Waals surface area contributed by atoms with Crippen molar-refractivity contribution >= 4 is 11.9 Å². The quantitative estimate of drug-likeness (QED) is 0.655. The lowest BCUT2D eigenvalue weighted by Crippen LogP contribution is -2.30. The molecule has 1 saturated heterocycles. The Labute approximate surface area is 162 Å². The number of aromatic nitrogens is 3. The number of ether oxygens (including phenoxy) is 1. The van der Waals surface area contributed by atoms with Crippen LogP contribution in [0.2, 0.25) is 0 Å². The fourth-order valence-electron chi connectivity index (χ4n) is 3.47. The van der Waals surface area contributed by atoms with Crippen LogP contribution in [0.25, 0.3) is 11.3 Å². The Balaban J connectivity index is 1.50. The van der Waals surface area contributed by atoms with Crippen LogP contribution < -0.4 is 0 Å². The topological polar surface area (TPSA) is 77.3 Å². The van der Waals surface area contributed by atoms with Gasteiger partial charge in [0, 0.05) is 18.7 Å². The van der Waals surface area contributed by atoms with E-state index in [2.05, 4.69) is 10.3 Å². The number of hydrogen-bond acceptors (Lipinski definition) is 5. The van der Waals surface area contributed by atoms with Gasteiger partial charge in [-0.25, -0.2) is 9.48 Å². The third kappa shape index (κ3) is 3.38. The highest BCUT2D eigenvalue weighted by atomic mass is 16.5. The zero-order valence-electron chi connectivity index (χ0n) is 15.5. The number of methoxy groups -OCH3 is 1. The summed E-state index contributed by atoms with van der Waals surface area (Å²) in [6.07, 6.45) is 2.69. The Morgan fingerprint density at radius 2 is 1.75 bits per heavy atom. The van der Waals surface area contributed by atoms with Gasteiger partial charge in [0.15, 0.2) is 0 Å². The Kier molecular flexibility index (Phi) is 4.89. The summed E-state index contributed by atoms with van der Waals surface area (Å²) in [7, 11) is 1.31. The van der Waals surface area contributed by atoms with Gasteiger partial charge in [0.25, 0.3) is 5.91 Å². The van der Waals surface area contributed by atoms with Crippen LogP contribution in [0.15, 0.2) is 60.8 Å². The minimum absolute atomic E-state index is 0.0548. The molecule has 1 aromatic heterocycles. The molecule has 2 aromatic carbocycles. The third-order valence-corrected chi connectivity index (χ3v) is 4.97. The van der Waals surface area contributed by atoms with Gasteiger partial charge in [-0.2, -0.15) is 0 Å². The van der Waals surface area contributed by atoms with Crippen molar-refractivity contribution in [3.8, 4) is 11.3 Å². The van der Waals surface area contributed by atoms with Crippen molar-refractivity contribution in [1.29, 1.82) is 0 Å². The third-order valence-electron chi connectivity index (χ3n) is 4.97. The fourth-order valence-corrected chi connectivity index (χ4v) is 3.47. The maximum absolute atomic E-state index is 13.0. The summed E-state index contributed by atoms with van der Waals surface area (Å²) in [5.41, 5.74) is 2.46.